The van der Waals surface area contributed by atoms with Crippen LogP contribution in [-0.2, 0) is 0 Å². The SMILES string of the molecule is CNc1[nH]cc(/C=C/c2ccccn2)c1/C=C(\C)c1cccc(O)c1. The van der Waals surface area contributed by atoms with Gasteiger partial charge in [-0.05, 0) is 54.5 Å². The quantitative estimate of drug-likeness (QED) is 0.624. The zero-order chi connectivity index (χ0) is 17.6. The highest BCUT2D eigenvalue weighted by Crippen LogP contribution is 2.28. The zero-order valence-corrected chi connectivity index (χ0v) is 14.3. The molecule has 1 aromatic carbocycles. The fraction of sp³-hybridized carbons (Fsp3) is 0.0952. The molecule has 4 nitrogen and oxygen atoms in total. The van der Waals surface area contributed by atoms with Gasteiger partial charge in [-0.1, -0.05) is 24.3 Å². The van der Waals surface area contributed by atoms with E-state index in [4.69, 9.17) is 0 Å². The van der Waals surface area contributed by atoms with Crippen LogP contribution in [0.2, 0.25) is 0 Å². The van der Waals surface area contributed by atoms with E-state index in [9.17, 15) is 5.11 Å². The van der Waals surface area contributed by atoms with E-state index >= 15 is 0 Å². The average Bonchev–Trinajstić information content (AvgIpc) is 3.02. The molecule has 126 valence electrons. The summed E-state index contributed by atoms with van der Waals surface area (Å²) in [5.41, 5.74) is 5.10. The molecule has 0 fully saturated rings. The number of aromatic amines is 1. The topological polar surface area (TPSA) is 60.9 Å². The average molecular weight is 331 g/mol. The highest BCUT2D eigenvalue weighted by molar-refractivity contribution is 5.88. The number of pyridine rings is 1. The highest BCUT2D eigenvalue weighted by atomic mass is 16.3. The molecule has 0 unspecified atom stereocenters. The van der Waals surface area contributed by atoms with Crippen LogP contribution >= 0.6 is 0 Å². The molecule has 0 saturated heterocycles. The van der Waals surface area contributed by atoms with E-state index in [2.05, 4.69) is 21.4 Å². The summed E-state index contributed by atoms with van der Waals surface area (Å²) in [5.74, 6) is 1.21. The molecule has 25 heavy (non-hydrogen) atoms. The second kappa shape index (κ2) is 7.53. The molecule has 0 bridgehead atoms. The molecule has 0 atom stereocenters. The normalized spacial score (nSPS) is 11.8. The molecule has 0 amide bonds. The van der Waals surface area contributed by atoms with E-state index in [-0.39, 0.29) is 5.75 Å². The summed E-state index contributed by atoms with van der Waals surface area (Å²) in [6.45, 7) is 2.04. The summed E-state index contributed by atoms with van der Waals surface area (Å²) >= 11 is 0. The van der Waals surface area contributed by atoms with Crippen molar-refractivity contribution in [3.05, 3.63) is 77.2 Å². The lowest BCUT2D eigenvalue weighted by Gasteiger charge is -2.05. The minimum absolute atomic E-state index is 0.267. The maximum Gasteiger partial charge on any atom is 0.116 e. The Morgan fingerprint density at radius 1 is 1.16 bits per heavy atom. The van der Waals surface area contributed by atoms with Crippen LogP contribution in [0.4, 0.5) is 5.82 Å². The summed E-state index contributed by atoms with van der Waals surface area (Å²) in [5, 5.41) is 12.9. The van der Waals surface area contributed by atoms with Gasteiger partial charge >= 0.3 is 0 Å². The molecule has 2 heterocycles. The summed E-state index contributed by atoms with van der Waals surface area (Å²) in [6, 6.07) is 13.1. The van der Waals surface area contributed by atoms with Gasteiger partial charge in [-0.25, -0.2) is 0 Å². The number of phenolic OH excluding ortho intramolecular Hbond substituents is 1. The molecule has 3 N–H and O–H groups in total. The molecule has 4 heteroatoms. The van der Waals surface area contributed by atoms with Crippen molar-refractivity contribution >= 4 is 29.6 Å². The lowest BCUT2D eigenvalue weighted by molar-refractivity contribution is 0.475. The number of nitrogens with zero attached hydrogens (tertiary/aromatic N) is 1. The molecule has 2 aromatic heterocycles. The van der Waals surface area contributed by atoms with Gasteiger partial charge in [-0.15, -0.1) is 0 Å². The van der Waals surface area contributed by atoms with Crippen LogP contribution < -0.4 is 5.32 Å². The number of allylic oxidation sites excluding steroid dienone is 1. The van der Waals surface area contributed by atoms with Crippen LogP contribution in [0.25, 0.3) is 23.8 Å². The van der Waals surface area contributed by atoms with Gasteiger partial charge in [-0.3, -0.25) is 4.98 Å². The van der Waals surface area contributed by atoms with Crippen molar-refractivity contribution in [3.8, 4) is 5.75 Å². The second-order valence-corrected chi connectivity index (χ2v) is 5.75. The van der Waals surface area contributed by atoms with Crippen LogP contribution in [0.5, 0.6) is 5.75 Å². The Morgan fingerprint density at radius 3 is 2.76 bits per heavy atom. The van der Waals surface area contributed by atoms with Crippen molar-refractivity contribution in [1.29, 1.82) is 0 Å². The number of rotatable bonds is 5. The minimum Gasteiger partial charge on any atom is -0.508 e. The first-order chi connectivity index (χ1) is 12.2. The first-order valence-electron chi connectivity index (χ1n) is 8.13. The maximum absolute atomic E-state index is 9.69. The van der Waals surface area contributed by atoms with Crippen molar-refractivity contribution in [2.45, 2.75) is 6.92 Å². The van der Waals surface area contributed by atoms with Gasteiger partial charge in [0.05, 0.1) is 5.69 Å². The smallest absolute Gasteiger partial charge is 0.116 e. The standard InChI is InChI=1S/C21H21N3O/c1-15(16-6-5-8-19(25)13-16)12-20-17(14-24-21(20)22-2)9-10-18-7-3-4-11-23-18/h3-14,22,24-25H,1-2H3/b10-9+,15-12+. The lowest BCUT2D eigenvalue weighted by Crippen LogP contribution is -1.91. The van der Waals surface area contributed by atoms with Gasteiger partial charge < -0.3 is 15.4 Å². The molecular weight excluding hydrogens is 310 g/mol. The maximum atomic E-state index is 9.69. The Labute approximate surface area is 147 Å². The number of H-pyrrole nitrogens is 1. The molecule has 3 rings (SSSR count). The number of aromatic nitrogens is 2. The van der Waals surface area contributed by atoms with Crippen LogP contribution in [0, 0.1) is 0 Å². The molecule has 0 spiro atoms. The Balaban J connectivity index is 1.96. The molecular formula is C21H21N3O. The van der Waals surface area contributed by atoms with Crippen molar-refractivity contribution in [3.63, 3.8) is 0 Å². The van der Waals surface area contributed by atoms with Crippen molar-refractivity contribution in [2.75, 3.05) is 12.4 Å². The molecule has 0 aliphatic carbocycles. The molecule has 3 aromatic rings. The predicted molar refractivity (Wildman–Crippen MR) is 105 cm³/mol. The molecule has 0 aliphatic heterocycles. The van der Waals surface area contributed by atoms with Crippen molar-refractivity contribution in [2.24, 2.45) is 0 Å². The van der Waals surface area contributed by atoms with Gasteiger partial charge in [0.2, 0.25) is 0 Å². The van der Waals surface area contributed by atoms with E-state index in [0.29, 0.717) is 0 Å². The Bertz CT molecular complexity index is 908. The van der Waals surface area contributed by atoms with Crippen LogP contribution in [0.3, 0.4) is 0 Å². The van der Waals surface area contributed by atoms with E-state index in [1.54, 1.807) is 18.3 Å². The zero-order valence-electron chi connectivity index (χ0n) is 14.3. The van der Waals surface area contributed by atoms with Gasteiger partial charge in [0, 0.05) is 30.6 Å². The number of nitrogens with one attached hydrogen (secondary N) is 2. The third kappa shape index (κ3) is 3.98. The fourth-order valence-electron chi connectivity index (χ4n) is 2.65. The predicted octanol–water partition coefficient (Wildman–Crippen LogP) is 4.89. The van der Waals surface area contributed by atoms with Crippen LogP contribution in [0.15, 0.2) is 54.9 Å². The van der Waals surface area contributed by atoms with E-state index in [1.807, 2.05) is 62.7 Å². The molecule has 0 saturated carbocycles. The van der Waals surface area contributed by atoms with Crippen LogP contribution in [-0.4, -0.2) is 22.1 Å². The number of anilines is 1. The van der Waals surface area contributed by atoms with Gasteiger partial charge in [0.15, 0.2) is 0 Å². The molecule has 0 radical (unpaired) electrons. The number of phenols is 1. The second-order valence-electron chi connectivity index (χ2n) is 5.75. The summed E-state index contributed by atoms with van der Waals surface area (Å²) < 4.78 is 0. The Hall–Kier alpha value is -3.27. The first kappa shape index (κ1) is 16.6. The van der Waals surface area contributed by atoms with E-state index in [0.717, 1.165) is 33.8 Å². The minimum atomic E-state index is 0.267. The number of hydrogen-bond acceptors (Lipinski definition) is 3. The molecule has 0 aliphatic rings. The number of aromatic hydroxyl groups is 1. The van der Waals surface area contributed by atoms with Crippen LogP contribution in [0.1, 0.15) is 29.3 Å². The number of hydrogen-bond donors (Lipinski definition) is 3. The van der Waals surface area contributed by atoms with E-state index in [1.165, 1.54) is 0 Å². The van der Waals surface area contributed by atoms with E-state index < -0.39 is 0 Å². The Kier molecular flexibility index (Phi) is 5.00. The third-order valence-corrected chi connectivity index (χ3v) is 3.99. The first-order valence-corrected chi connectivity index (χ1v) is 8.13. The summed E-state index contributed by atoms with van der Waals surface area (Å²) in [7, 11) is 1.89. The van der Waals surface area contributed by atoms with Crippen molar-refractivity contribution in [1.82, 2.24) is 9.97 Å². The largest absolute Gasteiger partial charge is 0.508 e. The number of benzene rings is 1. The van der Waals surface area contributed by atoms with Gasteiger partial charge in [-0.2, -0.15) is 0 Å². The Morgan fingerprint density at radius 2 is 2.04 bits per heavy atom. The summed E-state index contributed by atoms with van der Waals surface area (Å²) in [6.07, 6.45) is 9.88. The highest BCUT2D eigenvalue weighted by Gasteiger charge is 2.07. The van der Waals surface area contributed by atoms with Crippen molar-refractivity contribution < 1.29 is 5.11 Å². The van der Waals surface area contributed by atoms with Gasteiger partial charge in [0.25, 0.3) is 0 Å². The lowest BCUT2D eigenvalue weighted by atomic mass is 10.0. The summed E-state index contributed by atoms with van der Waals surface area (Å²) in [4.78, 5) is 7.56. The van der Waals surface area contributed by atoms with Gasteiger partial charge in [0.1, 0.15) is 11.6 Å². The fourth-order valence-corrected chi connectivity index (χ4v) is 2.65. The third-order valence-electron chi connectivity index (χ3n) is 3.99. The monoisotopic (exact) mass is 331 g/mol.